The Balaban J connectivity index is 2.14. The van der Waals surface area contributed by atoms with E-state index in [1.54, 1.807) is 0 Å². The maximum absolute atomic E-state index is 4.68. The van der Waals surface area contributed by atoms with Gasteiger partial charge in [-0.15, -0.1) is 0 Å². The van der Waals surface area contributed by atoms with Crippen LogP contribution in [0.5, 0.6) is 0 Å². The standard InChI is InChI=1S/C14H23BrN4/c1-3-5-9-19(11-6-7-11)13-12(15)10-17-14(18-13)16-8-4-2/h10-11H,3-9H2,1-2H3,(H,16,17,18). The molecule has 0 aliphatic heterocycles. The third-order valence-corrected chi connectivity index (χ3v) is 3.83. The molecule has 0 unspecified atom stereocenters. The minimum Gasteiger partial charge on any atom is -0.354 e. The highest BCUT2D eigenvalue weighted by Gasteiger charge is 2.30. The lowest BCUT2D eigenvalue weighted by atomic mass is 10.3. The molecule has 2 rings (SSSR count). The van der Waals surface area contributed by atoms with E-state index in [-0.39, 0.29) is 0 Å². The van der Waals surface area contributed by atoms with E-state index in [1.807, 2.05) is 6.20 Å². The molecule has 1 aromatic heterocycles. The van der Waals surface area contributed by atoms with Gasteiger partial charge in [-0.3, -0.25) is 0 Å². The predicted octanol–water partition coefficient (Wildman–Crippen LogP) is 3.83. The normalized spacial score (nSPS) is 14.5. The first-order chi connectivity index (χ1) is 9.26. The third kappa shape index (κ3) is 4.06. The summed E-state index contributed by atoms with van der Waals surface area (Å²) in [5.41, 5.74) is 0. The molecule has 1 N–H and O–H groups in total. The van der Waals surface area contributed by atoms with E-state index in [9.17, 15) is 0 Å². The molecular weight excluding hydrogens is 304 g/mol. The van der Waals surface area contributed by atoms with E-state index in [0.29, 0.717) is 6.04 Å². The quantitative estimate of drug-likeness (QED) is 0.788. The zero-order valence-corrected chi connectivity index (χ0v) is 13.4. The van der Waals surface area contributed by atoms with Crippen molar-refractivity contribution in [3.63, 3.8) is 0 Å². The van der Waals surface area contributed by atoms with Gasteiger partial charge < -0.3 is 10.2 Å². The van der Waals surface area contributed by atoms with Gasteiger partial charge in [0.15, 0.2) is 0 Å². The number of rotatable bonds is 8. The van der Waals surface area contributed by atoms with Crippen molar-refractivity contribution in [2.45, 2.75) is 52.0 Å². The van der Waals surface area contributed by atoms with Crippen LogP contribution in [0.1, 0.15) is 46.0 Å². The maximum Gasteiger partial charge on any atom is 0.224 e. The molecule has 0 aromatic carbocycles. The Kier molecular flexibility index (Phi) is 5.43. The molecule has 1 heterocycles. The summed E-state index contributed by atoms with van der Waals surface area (Å²) < 4.78 is 0.998. The molecule has 1 aromatic rings. The summed E-state index contributed by atoms with van der Waals surface area (Å²) in [6.07, 6.45) is 7.95. The summed E-state index contributed by atoms with van der Waals surface area (Å²) >= 11 is 3.59. The molecule has 0 amide bonds. The molecule has 0 atom stereocenters. The minimum atomic E-state index is 0.678. The lowest BCUT2D eigenvalue weighted by molar-refractivity contribution is 0.702. The number of hydrogen-bond donors (Lipinski definition) is 1. The Morgan fingerprint density at radius 2 is 2.16 bits per heavy atom. The zero-order chi connectivity index (χ0) is 13.7. The lowest BCUT2D eigenvalue weighted by Gasteiger charge is -2.24. The van der Waals surface area contributed by atoms with Crippen LogP contribution in [0.4, 0.5) is 11.8 Å². The number of nitrogens with zero attached hydrogens (tertiary/aromatic N) is 3. The Hall–Kier alpha value is -0.840. The second kappa shape index (κ2) is 7.08. The molecule has 1 aliphatic rings. The van der Waals surface area contributed by atoms with E-state index >= 15 is 0 Å². The largest absolute Gasteiger partial charge is 0.354 e. The first-order valence-corrected chi connectivity index (χ1v) is 8.08. The Bertz CT molecular complexity index is 406. The molecule has 106 valence electrons. The summed E-state index contributed by atoms with van der Waals surface area (Å²) in [6, 6.07) is 0.678. The molecule has 1 aliphatic carbocycles. The molecule has 4 nitrogen and oxygen atoms in total. The van der Waals surface area contributed by atoms with Crippen LogP contribution in [0.15, 0.2) is 10.7 Å². The second-order valence-corrected chi connectivity index (χ2v) is 5.92. The molecular formula is C14H23BrN4. The van der Waals surface area contributed by atoms with Crippen molar-refractivity contribution in [1.29, 1.82) is 0 Å². The van der Waals surface area contributed by atoms with E-state index in [1.165, 1.54) is 25.7 Å². The van der Waals surface area contributed by atoms with Crippen molar-refractivity contribution >= 4 is 27.7 Å². The van der Waals surface area contributed by atoms with Crippen molar-refractivity contribution in [3.05, 3.63) is 10.7 Å². The van der Waals surface area contributed by atoms with E-state index in [4.69, 9.17) is 0 Å². The fraction of sp³-hybridized carbons (Fsp3) is 0.714. The van der Waals surface area contributed by atoms with Crippen LogP contribution in [-0.4, -0.2) is 29.1 Å². The molecule has 5 heteroatoms. The fourth-order valence-corrected chi connectivity index (χ4v) is 2.48. The van der Waals surface area contributed by atoms with Gasteiger partial charge in [0, 0.05) is 25.3 Å². The molecule has 0 spiro atoms. The first-order valence-electron chi connectivity index (χ1n) is 7.29. The van der Waals surface area contributed by atoms with Gasteiger partial charge >= 0.3 is 0 Å². The molecule has 1 saturated carbocycles. The topological polar surface area (TPSA) is 41.1 Å². The Morgan fingerprint density at radius 1 is 1.37 bits per heavy atom. The highest BCUT2D eigenvalue weighted by atomic mass is 79.9. The van der Waals surface area contributed by atoms with Gasteiger partial charge in [-0.2, -0.15) is 4.98 Å². The van der Waals surface area contributed by atoms with E-state index in [2.05, 4.69) is 50.0 Å². The first kappa shape index (κ1) is 14.6. The summed E-state index contributed by atoms with van der Waals surface area (Å²) in [5, 5.41) is 3.26. The van der Waals surface area contributed by atoms with Gasteiger partial charge in [-0.1, -0.05) is 20.3 Å². The van der Waals surface area contributed by atoms with Gasteiger partial charge in [0.25, 0.3) is 0 Å². The maximum atomic E-state index is 4.68. The predicted molar refractivity (Wildman–Crippen MR) is 83.8 cm³/mol. The van der Waals surface area contributed by atoms with Crippen LogP contribution < -0.4 is 10.2 Å². The van der Waals surface area contributed by atoms with Crippen LogP contribution in [0.3, 0.4) is 0 Å². The molecule has 0 saturated heterocycles. The van der Waals surface area contributed by atoms with Crippen LogP contribution in [0.25, 0.3) is 0 Å². The SMILES string of the molecule is CCCCN(c1nc(NCCC)ncc1Br)C1CC1. The highest BCUT2D eigenvalue weighted by molar-refractivity contribution is 9.10. The summed E-state index contributed by atoms with van der Waals surface area (Å²) in [4.78, 5) is 11.4. The zero-order valence-electron chi connectivity index (χ0n) is 11.8. The Labute approximate surface area is 124 Å². The third-order valence-electron chi connectivity index (χ3n) is 3.27. The summed E-state index contributed by atoms with van der Waals surface area (Å²) in [6.45, 7) is 6.38. The molecule has 1 fully saturated rings. The van der Waals surface area contributed by atoms with E-state index < -0.39 is 0 Å². The number of nitrogens with one attached hydrogen (secondary N) is 1. The van der Waals surface area contributed by atoms with Crippen LogP contribution in [0.2, 0.25) is 0 Å². The highest BCUT2D eigenvalue weighted by Crippen LogP contribution is 2.34. The summed E-state index contributed by atoms with van der Waals surface area (Å²) in [5.74, 6) is 1.78. The summed E-state index contributed by atoms with van der Waals surface area (Å²) in [7, 11) is 0. The monoisotopic (exact) mass is 326 g/mol. The van der Waals surface area contributed by atoms with Crippen molar-refractivity contribution in [3.8, 4) is 0 Å². The van der Waals surface area contributed by atoms with Crippen molar-refractivity contribution in [1.82, 2.24) is 9.97 Å². The van der Waals surface area contributed by atoms with Gasteiger partial charge in [0.2, 0.25) is 5.95 Å². The second-order valence-electron chi connectivity index (χ2n) is 5.07. The molecule has 0 radical (unpaired) electrons. The number of aromatic nitrogens is 2. The van der Waals surface area contributed by atoms with Crippen LogP contribution in [-0.2, 0) is 0 Å². The number of hydrogen-bond acceptors (Lipinski definition) is 4. The van der Waals surface area contributed by atoms with Crippen molar-refractivity contribution in [2.75, 3.05) is 23.3 Å². The Morgan fingerprint density at radius 3 is 2.79 bits per heavy atom. The number of anilines is 2. The van der Waals surface area contributed by atoms with Gasteiger partial charge in [-0.25, -0.2) is 4.98 Å². The molecule has 19 heavy (non-hydrogen) atoms. The van der Waals surface area contributed by atoms with Crippen LogP contribution >= 0.6 is 15.9 Å². The molecule has 0 bridgehead atoms. The van der Waals surface area contributed by atoms with Gasteiger partial charge in [0.1, 0.15) is 5.82 Å². The number of halogens is 1. The van der Waals surface area contributed by atoms with Gasteiger partial charge in [-0.05, 0) is 41.6 Å². The average Bonchev–Trinajstić information content (AvgIpc) is 3.24. The van der Waals surface area contributed by atoms with Crippen LogP contribution in [0, 0.1) is 0 Å². The van der Waals surface area contributed by atoms with Crippen molar-refractivity contribution < 1.29 is 0 Å². The smallest absolute Gasteiger partial charge is 0.224 e. The van der Waals surface area contributed by atoms with Crippen molar-refractivity contribution in [2.24, 2.45) is 0 Å². The fourth-order valence-electron chi connectivity index (χ4n) is 2.06. The minimum absolute atomic E-state index is 0.678. The van der Waals surface area contributed by atoms with E-state index in [0.717, 1.165) is 35.7 Å². The lowest BCUT2D eigenvalue weighted by Crippen LogP contribution is -2.28. The average molecular weight is 327 g/mol. The number of unbranched alkanes of at least 4 members (excludes halogenated alkanes) is 1. The van der Waals surface area contributed by atoms with Gasteiger partial charge in [0.05, 0.1) is 4.47 Å².